The smallest absolute Gasteiger partial charge is 0.221 e. The van der Waals surface area contributed by atoms with E-state index < -0.39 is 0 Å². The summed E-state index contributed by atoms with van der Waals surface area (Å²) in [6.07, 6.45) is 0. The Balaban J connectivity index is 2.73. The quantitative estimate of drug-likeness (QED) is 0.751. The van der Waals surface area contributed by atoms with Gasteiger partial charge in [-0.25, -0.2) is 4.98 Å². The second-order valence-corrected chi connectivity index (χ2v) is 3.36. The summed E-state index contributed by atoms with van der Waals surface area (Å²) in [5, 5.41) is 2.09. The van der Waals surface area contributed by atoms with E-state index in [4.69, 9.17) is 9.47 Å². The fourth-order valence-electron chi connectivity index (χ4n) is 1.61. The number of ether oxygens (including phenoxy) is 2. The molecule has 78 valence electrons. The van der Waals surface area contributed by atoms with Gasteiger partial charge in [-0.15, -0.1) is 0 Å². The zero-order chi connectivity index (χ0) is 10.8. The van der Waals surface area contributed by atoms with E-state index in [9.17, 15) is 0 Å². The van der Waals surface area contributed by atoms with Gasteiger partial charge in [-0.1, -0.05) is 6.07 Å². The van der Waals surface area contributed by atoms with Crippen molar-refractivity contribution in [2.75, 3.05) is 14.2 Å². The molecular weight excluding hydrogens is 190 g/mol. The van der Waals surface area contributed by atoms with E-state index in [1.54, 1.807) is 14.2 Å². The van der Waals surface area contributed by atoms with Gasteiger partial charge in [-0.3, -0.25) is 0 Å². The first kappa shape index (κ1) is 9.77. The first-order chi connectivity index (χ1) is 7.24. The van der Waals surface area contributed by atoms with Crippen LogP contribution in [0.15, 0.2) is 24.3 Å². The van der Waals surface area contributed by atoms with Crippen molar-refractivity contribution in [2.45, 2.75) is 6.92 Å². The molecule has 0 unspecified atom stereocenters. The average molecular weight is 203 g/mol. The number of hydrogen-bond donors (Lipinski definition) is 0. The predicted molar refractivity (Wildman–Crippen MR) is 59.6 cm³/mol. The lowest BCUT2D eigenvalue weighted by atomic mass is 10.1. The maximum atomic E-state index is 5.24. The van der Waals surface area contributed by atoms with Crippen LogP contribution in [0.5, 0.6) is 11.6 Å². The van der Waals surface area contributed by atoms with E-state index in [0.29, 0.717) is 5.88 Å². The summed E-state index contributed by atoms with van der Waals surface area (Å²) in [4.78, 5) is 4.32. The van der Waals surface area contributed by atoms with Gasteiger partial charge in [0.15, 0.2) is 0 Å². The third-order valence-corrected chi connectivity index (χ3v) is 2.33. The fourth-order valence-corrected chi connectivity index (χ4v) is 1.61. The molecular formula is C12H13NO2. The molecule has 1 aromatic carbocycles. The van der Waals surface area contributed by atoms with Gasteiger partial charge in [0.05, 0.1) is 14.2 Å². The molecule has 0 radical (unpaired) electrons. The standard InChI is InChI=1S/C12H13NO2/c1-8-6-9-4-5-10(14-2)7-11(9)12(13-8)15-3/h4-7H,1-3H3. The van der Waals surface area contributed by atoms with E-state index in [1.807, 2.05) is 31.2 Å². The summed E-state index contributed by atoms with van der Waals surface area (Å²) in [7, 11) is 3.27. The fraction of sp³-hybridized carbons (Fsp3) is 0.250. The van der Waals surface area contributed by atoms with E-state index >= 15 is 0 Å². The van der Waals surface area contributed by atoms with Gasteiger partial charge >= 0.3 is 0 Å². The van der Waals surface area contributed by atoms with Crippen molar-refractivity contribution in [1.82, 2.24) is 4.98 Å². The van der Waals surface area contributed by atoms with Crippen molar-refractivity contribution in [3.05, 3.63) is 30.0 Å². The summed E-state index contributed by atoms with van der Waals surface area (Å²) < 4.78 is 10.4. The molecule has 0 fully saturated rings. The van der Waals surface area contributed by atoms with Crippen LogP contribution in [-0.2, 0) is 0 Å². The van der Waals surface area contributed by atoms with E-state index in [0.717, 1.165) is 22.2 Å². The van der Waals surface area contributed by atoms with Crippen LogP contribution in [0.4, 0.5) is 0 Å². The zero-order valence-electron chi connectivity index (χ0n) is 9.07. The first-order valence-corrected chi connectivity index (χ1v) is 4.74. The number of aryl methyl sites for hydroxylation is 1. The molecule has 2 rings (SSSR count). The third kappa shape index (κ3) is 1.73. The molecule has 0 aliphatic rings. The molecule has 0 aliphatic carbocycles. The normalized spacial score (nSPS) is 10.3. The molecule has 0 atom stereocenters. The summed E-state index contributed by atoms with van der Waals surface area (Å²) in [6, 6.07) is 7.89. The molecule has 15 heavy (non-hydrogen) atoms. The SMILES string of the molecule is COc1ccc2cc(C)nc(OC)c2c1. The number of rotatable bonds is 2. The number of fused-ring (bicyclic) bond motifs is 1. The monoisotopic (exact) mass is 203 g/mol. The molecule has 0 aliphatic heterocycles. The van der Waals surface area contributed by atoms with E-state index in [1.165, 1.54) is 0 Å². The van der Waals surface area contributed by atoms with Gasteiger partial charge in [-0.05, 0) is 30.5 Å². The molecule has 2 aromatic rings. The van der Waals surface area contributed by atoms with Crippen LogP contribution in [-0.4, -0.2) is 19.2 Å². The Kier molecular flexibility index (Phi) is 2.46. The Bertz CT molecular complexity index is 494. The molecule has 3 heteroatoms. The van der Waals surface area contributed by atoms with Crippen LogP contribution in [0.3, 0.4) is 0 Å². The minimum atomic E-state index is 0.643. The van der Waals surface area contributed by atoms with Crippen LogP contribution in [0.2, 0.25) is 0 Å². The summed E-state index contributed by atoms with van der Waals surface area (Å²) in [5.41, 5.74) is 0.949. The molecule has 0 saturated carbocycles. The van der Waals surface area contributed by atoms with Gasteiger partial charge in [0, 0.05) is 11.1 Å². The molecule has 0 saturated heterocycles. The number of benzene rings is 1. The number of hydrogen-bond acceptors (Lipinski definition) is 3. The molecule has 0 bridgehead atoms. The van der Waals surface area contributed by atoms with Crippen molar-refractivity contribution < 1.29 is 9.47 Å². The summed E-state index contributed by atoms with van der Waals surface area (Å²) in [6.45, 7) is 1.95. The van der Waals surface area contributed by atoms with Gasteiger partial charge in [0.1, 0.15) is 5.75 Å². The second-order valence-electron chi connectivity index (χ2n) is 3.36. The lowest BCUT2D eigenvalue weighted by Gasteiger charge is -2.07. The topological polar surface area (TPSA) is 31.4 Å². The second kappa shape index (κ2) is 3.77. The molecule has 0 N–H and O–H groups in total. The number of methoxy groups -OCH3 is 2. The van der Waals surface area contributed by atoms with Gasteiger partial charge in [0.2, 0.25) is 5.88 Å². The van der Waals surface area contributed by atoms with Gasteiger partial charge in [0.25, 0.3) is 0 Å². The summed E-state index contributed by atoms with van der Waals surface area (Å²) >= 11 is 0. The average Bonchev–Trinajstić information content (AvgIpc) is 2.27. The third-order valence-electron chi connectivity index (χ3n) is 2.33. The van der Waals surface area contributed by atoms with Crippen LogP contribution in [0.1, 0.15) is 5.69 Å². The van der Waals surface area contributed by atoms with Gasteiger partial charge in [-0.2, -0.15) is 0 Å². The maximum absolute atomic E-state index is 5.24. The van der Waals surface area contributed by atoms with Crippen LogP contribution < -0.4 is 9.47 Å². The molecule has 1 heterocycles. The first-order valence-electron chi connectivity index (χ1n) is 4.74. The largest absolute Gasteiger partial charge is 0.497 e. The lowest BCUT2D eigenvalue weighted by molar-refractivity contribution is 0.400. The minimum absolute atomic E-state index is 0.643. The van der Waals surface area contributed by atoms with Crippen molar-refractivity contribution in [3.63, 3.8) is 0 Å². The Morgan fingerprint density at radius 2 is 1.87 bits per heavy atom. The highest BCUT2D eigenvalue weighted by Crippen LogP contribution is 2.27. The Morgan fingerprint density at radius 1 is 1.07 bits per heavy atom. The van der Waals surface area contributed by atoms with Gasteiger partial charge < -0.3 is 9.47 Å². The maximum Gasteiger partial charge on any atom is 0.221 e. The van der Waals surface area contributed by atoms with Crippen LogP contribution in [0, 0.1) is 6.92 Å². The minimum Gasteiger partial charge on any atom is -0.497 e. The number of nitrogens with zero attached hydrogens (tertiary/aromatic N) is 1. The lowest BCUT2D eigenvalue weighted by Crippen LogP contribution is -1.92. The molecule has 3 nitrogen and oxygen atoms in total. The molecule has 0 spiro atoms. The van der Waals surface area contributed by atoms with Crippen molar-refractivity contribution in [3.8, 4) is 11.6 Å². The Hall–Kier alpha value is -1.77. The van der Waals surface area contributed by atoms with Crippen molar-refractivity contribution >= 4 is 10.8 Å². The van der Waals surface area contributed by atoms with Crippen molar-refractivity contribution in [1.29, 1.82) is 0 Å². The van der Waals surface area contributed by atoms with Crippen LogP contribution in [0.25, 0.3) is 10.8 Å². The highest BCUT2D eigenvalue weighted by molar-refractivity contribution is 5.88. The molecule has 0 amide bonds. The number of aromatic nitrogens is 1. The Morgan fingerprint density at radius 3 is 2.53 bits per heavy atom. The molecule has 1 aromatic heterocycles. The van der Waals surface area contributed by atoms with Crippen molar-refractivity contribution in [2.24, 2.45) is 0 Å². The van der Waals surface area contributed by atoms with Crippen LogP contribution >= 0.6 is 0 Å². The highest BCUT2D eigenvalue weighted by atomic mass is 16.5. The summed E-state index contributed by atoms with van der Waals surface area (Å²) in [5.74, 6) is 1.45. The number of pyridine rings is 1. The van der Waals surface area contributed by atoms with E-state index in [2.05, 4.69) is 4.98 Å². The zero-order valence-corrected chi connectivity index (χ0v) is 9.07. The highest BCUT2D eigenvalue weighted by Gasteiger charge is 2.05. The van der Waals surface area contributed by atoms with E-state index in [-0.39, 0.29) is 0 Å². The Labute approximate surface area is 88.7 Å². The predicted octanol–water partition coefficient (Wildman–Crippen LogP) is 2.56.